The van der Waals surface area contributed by atoms with Crippen molar-refractivity contribution in [3.05, 3.63) is 23.9 Å². The van der Waals surface area contributed by atoms with E-state index in [1.807, 2.05) is 0 Å². The van der Waals surface area contributed by atoms with Gasteiger partial charge in [0.15, 0.2) is 0 Å². The van der Waals surface area contributed by atoms with Crippen LogP contribution in [0.4, 0.5) is 0 Å². The largest absolute Gasteiger partial charge is 0.481 e. The Balaban J connectivity index is 2.85. The molecule has 1 aliphatic rings. The Morgan fingerprint density at radius 3 is 2.85 bits per heavy atom. The highest BCUT2D eigenvalue weighted by atomic mass is 16.4. The monoisotopic (exact) mass is 182 g/mol. The molecular weight excluding hydrogens is 168 g/mol. The average molecular weight is 182 g/mol. The molecule has 0 aromatic rings. The fourth-order valence-corrected chi connectivity index (χ4v) is 1.35. The molecule has 4 nitrogen and oxygen atoms in total. The summed E-state index contributed by atoms with van der Waals surface area (Å²) >= 11 is 0. The van der Waals surface area contributed by atoms with Crippen LogP contribution in [0.2, 0.25) is 0 Å². The summed E-state index contributed by atoms with van der Waals surface area (Å²) in [4.78, 5) is 10.7. The number of carbonyl (C=O) groups is 1. The smallest absolute Gasteiger partial charge is 0.308 e. The first kappa shape index (κ1) is 9.80. The molecule has 0 fully saturated rings. The molecular formula is C9H14N2O2. The summed E-state index contributed by atoms with van der Waals surface area (Å²) in [6.07, 6.45) is 5.54. The van der Waals surface area contributed by atoms with Gasteiger partial charge in [0.25, 0.3) is 0 Å². The van der Waals surface area contributed by atoms with Crippen molar-refractivity contribution in [1.29, 1.82) is 0 Å². The van der Waals surface area contributed by atoms with E-state index in [1.165, 1.54) is 0 Å². The second-order valence-electron chi connectivity index (χ2n) is 3.45. The topological polar surface area (TPSA) is 89.3 Å². The Labute approximate surface area is 76.9 Å². The molecule has 0 aromatic carbocycles. The minimum atomic E-state index is -0.901. The molecule has 2 atom stereocenters. The van der Waals surface area contributed by atoms with Gasteiger partial charge in [0, 0.05) is 12.1 Å². The molecule has 0 saturated heterocycles. The summed E-state index contributed by atoms with van der Waals surface area (Å²) in [6, 6.07) is 0. The van der Waals surface area contributed by atoms with Crippen LogP contribution in [0.5, 0.6) is 0 Å². The average Bonchev–Trinajstić information content (AvgIpc) is 2.02. The predicted molar refractivity (Wildman–Crippen MR) is 49.7 cm³/mol. The lowest BCUT2D eigenvalue weighted by atomic mass is 9.80. The zero-order valence-corrected chi connectivity index (χ0v) is 7.53. The minimum absolute atomic E-state index is 0.400. The van der Waals surface area contributed by atoms with E-state index in [1.54, 1.807) is 25.2 Å². The van der Waals surface area contributed by atoms with Gasteiger partial charge in [-0.25, -0.2) is 0 Å². The van der Waals surface area contributed by atoms with E-state index in [0.29, 0.717) is 12.1 Å². The summed E-state index contributed by atoms with van der Waals surface area (Å²) in [5.41, 5.74) is 11.3. The molecule has 5 N–H and O–H groups in total. The molecule has 4 heteroatoms. The fourth-order valence-electron chi connectivity index (χ4n) is 1.35. The van der Waals surface area contributed by atoms with Crippen molar-refractivity contribution in [2.45, 2.75) is 18.9 Å². The van der Waals surface area contributed by atoms with E-state index in [9.17, 15) is 4.79 Å². The van der Waals surface area contributed by atoms with Gasteiger partial charge in [-0.05, 0) is 13.0 Å². The number of hydrogen-bond donors (Lipinski definition) is 3. The highest BCUT2D eigenvalue weighted by Gasteiger charge is 2.35. The van der Waals surface area contributed by atoms with E-state index >= 15 is 0 Å². The molecule has 0 radical (unpaired) electrons. The van der Waals surface area contributed by atoms with E-state index in [4.69, 9.17) is 16.6 Å². The first-order valence-electron chi connectivity index (χ1n) is 4.11. The molecule has 0 aromatic heterocycles. The van der Waals surface area contributed by atoms with Crippen LogP contribution >= 0.6 is 0 Å². The summed E-state index contributed by atoms with van der Waals surface area (Å²) in [7, 11) is 0. The molecule has 13 heavy (non-hydrogen) atoms. The van der Waals surface area contributed by atoms with Gasteiger partial charge in [-0.15, -0.1) is 0 Å². The maximum Gasteiger partial charge on any atom is 0.308 e. The van der Waals surface area contributed by atoms with Gasteiger partial charge in [0.05, 0.1) is 11.5 Å². The van der Waals surface area contributed by atoms with Gasteiger partial charge in [-0.1, -0.05) is 12.2 Å². The van der Waals surface area contributed by atoms with Crippen molar-refractivity contribution >= 4 is 5.97 Å². The molecule has 0 amide bonds. The summed E-state index contributed by atoms with van der Waals surface area (Å²) in [5, 5.41) is 8.81. The van der Waals surface area contributed by atoms with Crippen LogP contribution < -0.4 is 11.5 Å². The number of aliphatic carboxylic acids is 1. The van der Waals surface area contributed by atoms with Gasteiger partial charge in [0.2, 0.25) is 0 Å². The Kier molecular flexibility index (Phi) is 2.43. The first-order valence-corrected chi connectivity index (χ1v) is 4.11. The highest BCUT2D eigenvalue weighted by Crippen LogP contribution is 2.26. The van der Waals surface area contributed by atoms with Crippen molar-refractivity contribution in [1.82, 2.24) is 0 Å². The quantitative estimate of drug-likeness (QED) is 0.569. The van der Waals surface area contributed by atoms with Gasteiger partial charge >= 0.3 is 5.97 Å². The van der Waals surface area contributed by atoms with Crippen molar-refractivity contribution in [3.8, 4) is 0 Å². The van der Waals surface area contributed by atoms with E-state index < -0.39 is 17.4 Å². The number of rotatable bonds is 2. The van der Waals surface area contributed by atoms with E-state index in [2.05, 4.69) is 0 Å². The Morgan fingerprint density at radius 1 is 1.77 bits per heavy atom. The van der Waals surface area contributed by atoms with Crippen LogP contribution in [-0.2, 0) is 4.79 Å². The molecule has 0 heterocycles. The lowest BCUT2D eigenvalue weighted by molar-refractivity contribution is -0.142. The molecule has 1 aliphatic carbocycles. The van der Waals surface area contributed by atoms with Crippen LogP contribution in [0, 0.1) is 5.92 Å². The SMILES string of the molecule is CC(C(=O)O)C1(N)C=CC=C(N)C1. The van der Waals surface area contributed by atoms with Gasteiger partial charge in [0.1, 0.15) is 0 Å². The van der Waals surface area contributed by atoms with Crippen molar-refractivity contribution in [2.24, 2.45) is 17.4 Å². The Morgan fingerprint density at radius 2 is 2.38 bits per heavy atom. The molecule has 0 aliphatic heterocycles. The normalized spacial score (nSPS) is 29.5. The molecule has 1 rings (SSSR count). The van der Waals surface area contributed by atoms with Gasteiger partial charge in [-0.3, -0.25) is 4.79 Å². The van der Waals surface area contributed by atoms with Gasteiger partial charge < -0.3 is 16.6 Å². The minimum Gasteiger partial charge on any atom is -0.481 e. The maximum absolute atomic E-state index is 10.7. The Hall–Kier alpha value is -1.29. The van der Waals surface area contributed by atoms with Crippen molar-refractivity contribution in [2.75, 3.05) is 0 Å². The standard InChI is InChI=1S/C9H14N2O2/c1-6(8(12)13)9(11)4-2-3-7(10)5-9/h2-4,6H,5,10-11H2,1H3,(H,12,13). The highest BCUT2D eigenvalue weighted by molar-refractivity contribution is 5.72. The number of carboxylic acid groups (broad SMARTS) is 1. The lowest BCUT2D eigenvalue weighted by Gasteiger charge is -2.31. The predicted octanol–water partition coefficient (Wildman–Crippen LogP) is 0.207. The number of hydrogen-bond acceptors (Lipinski definition) is 3. The summed E-state index contributed by atoms with van der Waals surface area (Å²) in [6.45, 7) is 1.59. The first-order chi connectivity index (χ1) is 5.96. The summed E-state index contributed by atoms with van der Waals surface area (Å²) in [5.74, 6) is -1.53. The summed E-state index contributed by atoms with van der Waals surface area (Å²) < 4.78 is 0. The molecule has 2 unspecified atom stereocenters. The molecule has 72 valence electrons. The number of nitrogens with two attached hydrogens (primary N) is 2. The second-order valence-corrected chi connectivity index (χ2v) is 3.45. The third-order valence-electron chi connectivity index (χ3n) is 2.40. The second kappa shape index (κ2) is 3.22. The molecule has 0 saturated carbocycles. The zero-order valence-electron chi connectivity index (χ0n) is 7.53. The zero-order chi connectivity index (χ0) is 10.1. The van der Waals surface area contributed by atoms with E-state index in [-0.39, 0.29) is 0 Å². The maximum atomic E-state index is 10.7. The van der Waals surface area contributed by atoms with Gasteiger partial charge in [-0.2, -0.15) is 0 Å². The van der Waals surface area contributed by atoms with Crippen molar-refractivity contribution < 1.29 is 9.90 Å². The Bertz CT molecular complexity index is 283. The van der Waals surface area contributed by atoms with Crippen LogP contribution in [-0.4, -0.2) is 16.6 Å². The van der Waals surface area contributed by atoms with Crippen LogP contribution in [0.25, 0.3) is 0 Å². The van der Waals surface area contributed by atoms with Crippen LogP contribution in [0.15, 0.2) is 23.9 Å². The number of allylic oxidation sites excluding steroid dienone is 2. The van der Waals surface area contributed by atoms with Crippen LogP contribution in [0.1, 0.15) is 13.3 Å². The third-order valence-corrected chi connectivity index (χ3v) is 2.40. The van der Waals surface area contributed by atoms with Crippen molar-refractivity contribution in [3.63, 3.8) is 0 Å². The third kappa shape index (κ3) is 1.89. The van der Waals surface area contributed by atoms with E-state index in [0.717, 1.165) is 0 Å². The molecule has 0 bridgehead atoms. The molecule has 0 spiro atoms. The number of carboxylic acids is 1. The fraction of sp³-hybridized carbons (Fsp3) is 0.444. The lowest BCUT2D eigenvalue weighted by Crippen LogP contribution is -2.49. The van der Waals surface area contributed by atoms with Crippen LogP contribution in [0.3, 0.4) is 0 Å².